The molecule has 3 aromatic rings. The molecule has 150 valence electrons. The van der Waals surface area contributed by atoms with Crippen molar-refractivity contribution in [3.63, 3.8) is 0 Å². The van der Waals surface area contributed by atoms with Crippen LogP contribution in [-0.4, -0.2) is 42.0 Å². The molecule has 29 heavy (non-hydrogen) atoms. The van der Waals surface area contributed by atoms with Crippen molar-refractivity contribution in [1.29, 1.82) is 0 Å². The third-order valence-corrected chi connectivity index (χ3v) is 5.47. The van der Waals surface area contributed by atoms with Crippen LogP contribution in [0.3, 0.4) is 0 Å². The van der Waals surface area contributed by atoms with Gasteiger partial charge in [0.15, 0.2) is 0 Å². The molecule has 7 heteroatoms. The van der Waals surface area contributed by atoms with E-state index in [0.717, 1.165) is 33.5 Å². The molecule has 2 heterocycles. The molecule has 0 saturated heterocycles. The highest BCUT2D eigenvalue weighted by Crippen LogP contribution is 2.39. The summed E-state index contributed by atoms with van der Waals surface area (Å²) in [7, 11) is 1.60. The Morgan fingerprint density at radius 2 is 1.97 bits per heavy atom. The number of aromatic nitrogens is 1. The highest BCUT2D eigenvalue weighted by molar-refractivity contribution is 6.32. The van der Waals surface area contributed by atoms with Crippen molar-refractivity contribution in [1.82, 2.24) is 9.88 Å². The summed E-state index contributed by atoms with van der Waals surface area (Å²) >= 11 is 6.21. The molecule has 1 amide bonds. The maximum Gasteiger partial charge on any atom is 0.397 e. The molecule has 1 atom stereocenters. The highest BCUT2D eigenvalue weighted by atomic mass is 35.5. The number of carbonyl (C=O) groups excluding carboxylic acids is 2. The van der Waals surface area contributed by atoms with Crippen LogP contribution < -0.4 is 4.74 Å². The van der Waals surface area contributed by atoms with Crippen molar-refractivity contribution in [3.05, 3.63) is 64.3 Å². The summed E-state index contributed by atoms with van der Waals surface area (Å²) in [5.41, 5.74) is 3.82. The largest absolute Gasteiger partial charge is 0.497 e. The van der Waals surface area contributed by atoms with Crippen molar-refractivity contribution in [2.75, 3.05) is 20.3 Å². The molecule has 4 rings (SSSR count). The Balaban J connectivity index is 1.84. The summed E-state index contributed by atoms with van der Waals surface area (Å²) in [5, 5.41) is 1.69. The zero-order chi connectivity index (χ0) is 20.5. The lowest BCUT2D eigenvalue weighted by Gasteiger charge is -2.35. The molecule has 1 unspecified atom stereocenters. The third kappa shape index (κ3) is 3.44. The summed E-state index contributed by atoms with van der Waals surface area (Å²) in [6.07, 6.45) is 0.619. The number of fused-ring (bicyclic) bond motifs is 3. The number of amides is 1. The first-order valence-corrected chi connectivity index (χ1v) is 9.83. The van der Waals surface area contributed by atoms with Gasteiger partial charge in [0, 0.05) is 28.2 Å². The van der Waals surface area contributed by atoms with Gasteiger partial charge in [-0.1, -0.05) is 23.7 Å². The molecule has 1 aliphatic rings. The maximum absolute atomic E-state index is 12.9. The van der Waals surface area contributed by atoms with Crippen LogP contribution >= 0.6 is 11.6 Å². The number of ether oxygens (including phenoxy) is 2. The summed E-state index contributed by atoms with van der Waals surface area (Å²) in [4.78, 5) is 30.1. The van der Waals surface area contributed by atoms with Crippen LogP contribution in [-0.2, 0) is 20.7 Å². The van der Waals surface area contributed by atoms with Gasteiger partial charge in [-0.2, -0.15) is 0 Å². The first-order chi connectivity index (χ1) is 14.0. The molecule has 0 fully saturated rings. The second-order valence-corrected chi connectivity index (χ2v) is 7.29. The van der Waals surface area contributed by atoms with E-state index in [2.05, 4.69) is 4.98 Å². The minimum absolute atomic E-state index is 0.155. The number of H-pyrrole nitrogens is 1. The number of rotatable bonds is 3. The van der Waals surface area contributed by atoms with Gasteiger partial charge in [-0.05, 0) is 54.8 Å². The molecule has 1 aliphatic heterocycles. The fraction of sp³-hybridized carbons (Fsp3) is 0.273. The number of benzene rings is 2. The molecule has 2 aromatic carbocycles. The highest BCUT2D eigenvalue weighted by Gasteiger charge is 2.37. The average molecular weight is 413 g/mol. The van der Waals surface area contributed by atoms with Gasteiger partial charge in [-0.15, -0.1) is 0 Å². The van der Waals surface area contributed by atoms with Crippen molar-refractivity contribution >= 4 is 34.4 Å². The lowest BCUT2D eigenvalue weighted by Crippen LogP contribution is -2.44. The average Bonchev–Trinajstić information content (AvgIpc) is 3.10. The Morgan fingerprint density at radius 1 is 1.21 bits per heavy atom. The van der Waals surface area contributed by atoms with Crippen molar-refractivity contribution in [2.45, 2.75) is 19.4 Å². The van der Waals surface area contributed by atoms with Crippen LogP contribution in [0.4, 0.5) is 0 Å². The Labute approximate surface area is 173 Å². The first kappa shape index (κ1) is 19.3. The van der Waals surface area contributed by atoms with Gasteiger partial charge in [0.25, 0.3) is 0 Å². The predicted molar refractivity (Wildman–Crippen MR) is 110 cm³/mol. The van der Waals surface area contributed by atoms with Crippen LogP contribution in [0.25, 0.3) is 10.9 Å². The summed E-state index contributed by atoms with van der Waals surface area (Å²) < 4.78 is 10.2. The number of esters is 1. The fourth-order valence-corrected chi connectivity index (χ4v) is 4.09. The van der Waals surface area contributed by atoms with Crippen molar-refractivity contribution in [3.8, 4) is 5.75 Å². The summed E-state index contributed by atoms with van der Waals surface area (Å²) in [6.45, 7) is 2.24. The normalized spacial score (nSPS) is 15.8. The van der Waals surface area contributed by atoms with Gasteiger partial charge in [-0.25, -0.2) is 4.79 Å². The van der Waals surface area contributed by atoms with E-state index < -0.39 is 17.9 Å². The number of hydrogen-bond acceptors (Lipinski definition) is 4. The second kappa shape index (κ2) is 7.79. The van der Waals surface area contributed by atoms with Crippen LogP contribution in [0.1, 0.15) is 29.8 Å². The first-order valence-electron chi connectivity index (χ1n) is 9.45. The summed E-state index contributed by atoms with van der Waals surface area (Å²) in [5.74, 6) is -0.764. The molecular weight excluding hydrogens is 392 g/mol. The van der Waals surface area contributed by atoms with E-state index in [4.69, 9.17) is 21.1 Å². The van der Waals surface area contributed by atoms with Gasteiger partial charge in [0.1, 0.15) is 5.75 Å². The Morgan fingerprint density at radius 3 is 2.66 bits per heavy atom. The fourth-order valence-electron chi connectivity index (χ4n) is 3.92. The lowest BCUT2D eigenvalue weighted by atomic mass is 9.92. The van der Waals surface area contributed by atoms with Gasteiger partial charge < -0.3 is 19.4 Å². The van der Waals surface area contributed by atoms with E-state index in [1.54, 1.807) is 18.9 Å². The molecule has 1 N–H and O–H groups in total. The number of methoxy groups -OCH3 is 1. The van der Waals surface area contributed by atoms with Crippen LogP contribution in [0.15, 0.2) is 42.5 Å². The smallest absolute Gasteiger partial charge is 0.397 e. The standard InChI is InChI=1S/C22H21ClN2O4/c1-3-29-22(27)21(26)25-11-10-16-17-12-14(23)6-9-18(17)24-19(16)20(25)13-4-7-15(28-2)8-5-13/h4-9,12,20,24H,3,10-11H2,1-2H3. The Hall–Kier alpha value is -2.99. The topological polar surface area (TPSA) is 71.6 Å². The van der Waals surface area contributed by atoms with Crippen LogP contribution in [0.2, 0.25) is 5.02 Å². The zero-order valence-corrected chi connectivity index (χ0v) is 17.0. The number of aromatic amines is 1. The Kier molecular flexibility index (Phi) is 5.20. The number of halogens is 1. The molecule has 0 bridgehead atoms. The predicted octanol–water partition coefficient (Wildman–Crippen LogP) is 3.87. The van der Waals surface area contributed by atoms with Gasteiger partial charge in [-0.3, -0.25) is 4.79 Å². The zero-order valence-electron chi connectivity index (χ0n) is 16.2. The maximum atomic E-state index is 12.9. The molecule has 0 radical (unpaired) electrons. The molecule has 1 aromatic heterocycles. The van der Waals surface area contributed by atoms with E-state index in [1.807, 2.05) is 42.5 Å². The molecule has 0 spiro atoms. The number of hydrogen-bond donors (Lipinski definition) is 1. The van der Waals surface area contributed by atoms with E-state index in [-0.39, 0.29) is 6.61 Å². The molecule has 0 aliphatic carbocycles. The van der Waals surface area contributed by atoms with Crippen LogP contribution in [0.5, 0.6) is 5.75 Å². The quantitative estimate of drug-likeness (QED) is 0.523. The van der Waals surface area contributed by atoms with Gasteiger partial charge >= 0.3 is 11.9 Å². The van der Waals surface area contributed by atoms with E-state index in [9.17, 15) is 9.59 Å². The molecule has 6 nitrogen and oxygen atoms in total. The van der Waals surface area contributed by atoms with E-state index >= 15 is 0 Å². The monoisotopic (exact) mass is 412 g/mol. The molecule has 0 saturated carbocycles. The molecular formula is C22H21ClN2O4. The van der Waals surface area contributed by atoms with Gasteiger partial charge in [0.2, 0.25) is 0 Å². The minimum Gasteiger partial charge on any atom is -0.497 e. The van der Waals surface area contributed by atoms with Crippen molar-refractivity contribution in [2.24, 2.45) is 0 Å². The number of nitrogens with one attached hydrogen (secondary N) is 1. The number of nitrogens with zero attached hydrogens (tertiary/aromatic N) is 1. The van der Waals surface area contributed by atoms with Crippen molar-refractivity contribution < 1.29 is 19.1 Å². The Bertz CT molecular complexity index is 1070. The summed E-state index contributed by atoms with van der Waals surface area (Å²) in [6, 6.07) is 12.7. The van der Waals surface area contributed by atoms with Crippen LogP contribution in [0, 0.1) is 0 Å². The van der Waals surface area contributed by atoms with E-state index in [0.29, 0.717) is 18.0 Å². The second-order valence-electron chi connectivity index (χ2n) is 6.85. The lowest BCUT2D eigenvalue weighted by molar-refractivity contribution is -0.161. The van der Waals surface area contributed by atoms with E-state index in [1.165, 1.54) is 0 Å². The van der Waals surface area contributed by atoms with Gasteiger partial charge in [0.05, 0.1) is 19.8 Å². The minimum atomic E-state index is -0.839. The number of carbonyl (C=O) groups is 2. The third-order valence-electron chi connectivity index (χ3n) is 5.23. The SMILES string of the molecule is CCOC(=O)C(=O)N1CCc2c([nH]c3ccc(Cl)cc23)C1c1ccc(OC)cc1.